The van der Waals surface area contributed by atoms with Crippen molar-refractivity contribution in [2.45, 2.75) is 13.0 Å². The van der Waals surface area contributed by atoms with Crippen LogP contribution in [0.2, 0.25) is 0 Å². The van der Waals surface area contributed by atoms with Crippen LogP contribution < -0.4 is 10.6 Å². The van der Waals surface area contributed by atoms with E-state index >= 15 is 0 Å². The Morgan fingerprint density at radius 1 is 0.968 bits per heavy atom. The molecule has 0 saturated carbocycles. The van der Waals surface area contributed by atoms with Crippen molar-refractivity contribution in [1.82, 2.24) is 10.3 Å². The molecule has 0 fully saturated rings. The average Bonchev–Trinajstić information content (AvgIpc) is 3.47. The van der Waals surface area contributed by atoms with Gasteiger partial charge in [-0.2, -0.15) is 0 Å². The molecule has 0 radical (unpaired) electrons. The molecule has 3 aromatic heterocycles. The van der Waals surface area contributed by atoms with E-state index in [1.165, 1.54) is 16.2 Å². The van der Waals surface area contributed by atoms with Gasteiger partial charge in [0.1, 0.15) is 0 Å². The number of anilines is 1. The highest BCUT2D eigenvalue weighted by atomic mass is 32.1. The number of carbonyl (C=O) groups is 1. The molecule has 0 saturated heterocycles. The van der Waals surface area contributed by atoms with E-state index in [2.05, 4.69) is 57.4 Å². The summed E-state index contributed by atoms with van der Waals surface area (Å²) in [6.45, 7) is 1.35. The van der Waals surface area contributed by atoms with E-state index in [0.717, 1.165) is 43.5 Å². The quantitative estimate of drug-likeness (QED) is 0.320. The highest BCUT2D eigenvalue weighted by Gasteiger charge is 2.10. The van der Waals surface area contributed by atoms with E-state index in [1.807, 2.05) is 36.5 Å². The first-order valence-corrected chi connectivity index (χ1v) is 11.9. The molecule has 3 heterocycles. The van der Waals surface area contributed by atoms with Crippen molar-refractivity contribution >= 4 is 55.3 Å². The fourth-order valence-corrected chi connectivity index (χ4v) is 5.19. The average molecular weight is 444 g/mol. The third kappa shape index (κ3) is 4.60. The fraction of sp³-hybridized carbons (Fsp3) is 0.120. The minimum Gasteiger partial charge on any atom is -0.381 e. The molecule has 4 nitrogen and oxygen atoms in total. The normalized spacial score (nSPS) is 11.1. The molecule has 0 unspecified atom stereocenters. The minimum absolute atomic E-state index is 0.00509. The van der Waals surface area contributed by atoms with E-state index in [9.17, 15) is 4.79 Å². The molecule has 5 rings (SSSR count). The summed E-state index contributed by atoms with van der Waals surface area (Å²) in [6, 6.07) is 22.6. The molecule has 154 valence electrons. The van der Waals surface area contributed by atoms with Gasteiger partial charge < -0.3 is 10.6 Å². The number of carbonyl (C=O) groups excluding carboxylic acids is 1. The van der Waals surface area contributed by atoms with Gasteiger partial charge >= 0.3 is 0 Å². The van der Waals surface area contributed by atoms with E-state index in [-0.39, 0.29) is 5.91 Å². The third-order valence-corrected chi connectivity index (χ3v) is 7.17. The highest BCUT2D eigenvalue weighted by molar-refractivity contribution is 7.20. The Morgan fingerprint density at radius 3 is 2.81 bits per heavy atom. The molecule has 0 aliphatic rings. The molecule has 5 aromatic rings. The van der Waals surface area contributed by atoms with Gasteiger partial charge in [-0.3, -0.25) is 9.78 Å². The predicted molar refractivity (Wildman–Crippen MR) is 131 cm³/mol. The van der Waals surface area contributed by atoms with Crippen LogP contribution in [-0.2, 0) is 13.0 Å². The minimum atomic E-state index is -0.00509. The lowest BCUT2D eigenvalue weighted by atomic mass is 10.1. The molecule has 0 atom stereocenters. The second-order valence-electron chi connectivity index (χ2n) is 7.34. The number of benzene rings is 2. The first-order chi connectivity index (χ1) is 15.2. The van der Waals surface area contributed by atoms with Crippen molar-refractivity contribution in [1.29, 1.82) is 0 Å². The summed E-state index contributed by atoms with van der Waals surface area (Å²) in [5, 5.41) is 10.8. The summed E-state index contributed by atoms with van der Waals surface area (Å²) in [5.41, 5.74) is 3.17. The zero-order valence-electron chi connectivity index (χ0n) is 16.8. The zero-order chi connectivity index (χ0) is 21.0. The van der Waals surface area contributed by atoms with Crippen LogP contribution in [0.5, 0.6) is 0 Å². The van der Waals surface area contributed by atoms with Crippen molar-refractivity contribution in [3.05, 3.63) is 93.6 Å². The number of thiophene rings is 2. The van der Waals surface area contributed by atoms with Crippen LogP contribution in [0.1, 0.15) is 20.1 Å². The molecule has 2 N–H and O–H groups in total. The summed E-state index contributed by atoms with van der Waals surface area (Å²) in [6.07, 6.45) is 2.78. The summed E-state index contributed by atoms with van der Waals surface area (Å²) in [4.78, 5) is 19.1. The van der Waals surface area contributed by atoms with Crippen molar-refractivity contribution in [2.75, 3.05) is 11.9 Å². The number of pyridine rings is 1. The number of rotatable bonds is 7. The first-order valence-electron chi connectivity index (χ1n) is 10.2. The van der Waals surface area contributed by atoms with Gasteiger partial charge in [0.2, 0.25) is 0 Å². The van der Waals surface area contributed by atoms with E-state index in [1.54, 1.807) is 11.3 Å². The van der Waals surface area contributed by atoms with Crippen molar-refractivity contribution < 1.29 is 4.79 Å². The lowest BCUT2D eigenvalue weighted by Gasteiger charge is -2.07. The zero-order valence-corrected chi connectivity index (χ0v) is 18.4. The molecular formula is C25H21N3OS2. The maximum Gasteiger partial charge on any atom is 0.261 e. The van der Waals surface area contributed by atoms with Gasteiger partial charge in [-0.25, -0.2) is 0 Å². The van der Waals surface area contributed by atoms with Crippen LogP contribution in [0.15, 0.2) is 78.3 Å². The number of nitrogens with zero attached hydrogens (tertiary/aromatic N) is 1. The fourth-order valence-electron chi connectivity index (χ4n) is 3.52. The van der Waals surface area contributed by atoms with Crippen LogP contribution in [0.4, 0.5) is 5.69 Å². The molecule has 0 bridgehead atoms. The summed E-state index contributed by atoms with van der Waals surface area (Å²) in [5.74, 6) is -0.00509. The van der Waals surface area contributed by atoms with E-state index < -0.39 is 0 Å². The smallest absolute Gasteiger partial charge is 0.261 e. The van der Waals surface area contributed by atoms with Crippen molar-refractivity contribution in [3.63, 3.8) is 0 Å². The molecular weight excluding hydrogens is 422 g/mol. The Labute approximate surface area is 188 Å². The Bertz CT molecular complexity index is 1340. The molecule has 1 amide bonds. The van der Waals surface area contributed by atoms with E-state index in [0.29, 0.717) is 13.1 Å². The number of para-hydroxylation sites is 1. The Kier molecular flexibility index (Phi) is 5.65. The maximum absolute atomic E-state index is 12.5. The van der Waals surface area contributed by atoms with Crippen LogP contribution in [0.3, 0.4) is 0 Å². The summed E-state index contributed by atoms with van der Waals surface area (Å²) < 4.78 is 1.11. The molecule has 31 heavy (non-hydrogen) atoms. The standard InChI is InChI=1S/C25H21N3OS2/c29-25(26-10-9-21-5-3-11-30-21)24-14-19-13-20(7-8-23(19)31-24)27-15-17-12-18-4-1-2-6-22(18)28-16-17/h1-8,11-14,16,27H,9-10,15H2,(H,26,29). The topological polar surface area (TPSA) is 54.0 Å². The second kappa shape index (κ2) is 8.88. The summed E-state index contributed by atoms with van der Waals surface area (Å²) >= 11 is 3.25. The third-order valence-electron chi connectivity index (χ3n) is 5.12. The van der Waals surface area contributed by atoms with Gasteiger partial charge in [0.15, 0.2) is 0 Å². The highest BCUT2D eigenvalue weighted by Crippen LogP contribution is 2.28. The molecule has 0 aliphatic carbocycles. The number of hydrogen-bond acceptors (Lipinski definition) is 5. The van der Waals surface area contributed by atoms with Gasteiger partial charge in [-0.05, 0) is 65.2 Å². The van der Waals surface area contributed by atoms with Gasteiger partial charge in [0.25, 0.3) is 5.91 Å². The SMILES string of the molecule is O=C(NCCc1cccs1)c1cc2cc(NCc3cnc4ccccc4c3)ccc2s1. The van der Waals surface area contributed by atoms with Gasteiger partial charge in [0.05, 0.1) is 10.4 Å². The number of aromatic nitrogens is 1. The number of hydrogen-bond donors (Lipinski definition) is 2. The van der Waals surface area contributed by atoms with Crippen LogP contribution >= 0.6 is 22.7 Å². The van der Waals surface area contributed by atoms with Crippen molar-refractivity contribution in [2.24, 2.45) is 0 Å². The number of nitrogens with one attached hydrogen (secondary N) is 2. The van der Waals surface area contributed by atoms with Gasteiger partial charge in [-0.1, -0.05) is 24.3 Å². The first kappa shape index (κ1) is 19.7. The second-order valence-corrected chi connectivity index (χ2v) is 9.45. The Hall–Kier alpha value is -3.22. The molecule has 2 aromatic carbocycles. The number of fused-ring (bicyclic) bond motifs is 2. The maximum atomic E-state index is 12.5. The monoisotopic (exact) mass is 443 g/mol. The Morgan fingerprint density at radius 2 is 1.90 bits per heavy atom. The number of amides is 1. The van der Waals surface area contributed by atoms with Crippen LogP contribution in [0.25, 0.3) is 21.0 Å². The predicted octanol–water partition coefficient (Wildman–Crippen LogP) is 6.10. The lowest BCUT2D eigenvalue weighted by molar-refractivity contribution is 0.0958. The van der Waals surface area contributed by atoms with Gasteiger partial charge in [0, 0.05) is 39.9 Å². The molecule has 6 heteroatoms. The van der Waals surface area contributed by atoms with Crippen LogP contribution in [-0.4, -0.2) is 17.4 Å². The van der Waals surface area contributed by atoms with E-state index in [4.69, 9.17) is 0 Å². The molecule has 0 aliphatic heterocycles. The van der Waals surface area contributed by atoms with Crippen LogP contribution in [0, 0.1) is 0 Å². The molecule has 0 spiro atoms. The lowest BCUT2D eigenvalue weighted by Crippen LogP contribution is -2.24. The Balaban J connectivity index is 1.23. The largest absolute Gasteiger partial charge is 0.381 e. The van der Waals surface area contributed by atoms with Crippen molar-refractivity contribution in [3.8, 4) is 0 Å². The van der Waals surface area contributed by atoms with Gasteiger partial charge in [-0.15, -0.1) is 22.7 Å². The summed E-state index contributed by atoms with van der Waals surface area (Å²) in [7, 11) is 0.